The fourth-order valence-electron chi connectivity index (χ4n) is 2.99. The lowest BCUT2D eigenvalue weighted by Gasteiger charge is -2.37. The van der Waals surface area contributed by atoms with Crippen LogP contribution in [-0.4, -0.2) is 36.1 Å². The lowest BCUT2D eigenvalue weighted by atomic mass is 10.1. The van der Waals surface area contributed by atoms with E-state index in [0.29, 0.717) is 23.7 Å². The predicted octanol–water partition coefficient (Wildman–Crippen LogP) is 3.50. The third kappa shape index (κ3) is 2.54. The number of nitrogens with zero attached hydrogens (tertiary/aromatic N) is 1. The van der Waals surface area contributed by atoms with E-state index in [1.807, 2.05) is 11.0 Å². The molecule has 1 amide bonds. The van der Waals surface area contributed by atoms with Crippen molar-refractivity contribution in [2.24, 2.45) is 0 Å². The van der Waals surface area contributed by atoms with Gasteiger partial charge in [0, 0.05) is 11.0 Å². The van der Waals surface area contributed by atoms with Crippen LogP contribution in [0.15, 0.2) is 22.7 Å². The molecule has 3 nitrogen and oxygen atoms in total. The number of halogens is 2. The number of carbonyl (C=O) groups is 1. The van der Waals surface area contributed by atoms with Crippen LogP contribution in [0.5, 0.6) is 0 Å². The van der Waals surface area contributed by atoms with Gasteiger partial charge in [-0.3, -0.25) is 4.79 Å². The van der Waals surface area contributed by atoms with E-state index < -0.39 is 0 Å². The monoisotopic (exact) mass is 343 g/mol. The van der Waals surface area contributed by atoms with Crippen LogP contribution >= 0.6 is 27.5 Å². The van der Waals surface area contributed by atoms with Gasteiger partial charge >= 0.3 is 0 Å². The Morgan fingerprint density at radius 1 is 1.42 bits per heavy atom. The molecule has 2 aliphatic rings. The molecule has 1 aliphatic carbocycles. The number of rotatable bonds is 1. The van der Waals surface area contributed by atoms with Gasteiger partial charge in [-0.05, 0) is 37.5 Å². The van der Waals surface area contributed by atoms with Crippen LogP contribution in [-0.2, 0) is 4.74 Å². The van der Waals surface area contributed by atoms with E-state index in [9.17, 15) is 4.79 Å². The second kappa shape index (κ2) is 5.43. The number of ether oxygens (including phenoxy) is 1. The minimum absolute atomic E-state index is 0.0199. The Kier molecular flexibility index (Phi) is 3.83. The molecular weight excluding hydrogens is 330 g/mol. The van der Waals surface area contributed by atoms with Crippen LogP contribution in [0.4, 0.5) is 0 Å². The third-order valence-electron chi connectivity index (χ3n) is 3.90. The third-order valence-corrected chi connectivity index (χ3v) is 4.72. The average Bonchev–Trinajstić information content (AvgIpc) is 2.89. The Bertz CT molecular complexity index is 508. The summed E-state index contributed by atoms with van der Waals surface area (Å²) in [4.78, 5) is 14.6. The topological polar surface area (TPSA) is 29.5 Å². The number of hydrogen-bond donors (Lipinski definition) is 0. The first-order valence-electron chi connectivity index (χ1n) is 6.54. The molecule has 2 unspecified atom stereocenters. The van der Waals surface area contributed by atoms with E-state index in [-0.39, 0.29) is 18.1 Å². The number of carbonyl (C=O) groups excluding carboxylic acids is 1. The second-order valence-corrected chi connectivity index (χ2v) is 6.35. The summed E-state index contributed by atoms with van der Waals surface area (Å²) in [6.07, 6.45) is 3.43. The van der Waals surface area contributed by atoms with Crippen LogP contribution in [0.2, 0.25) is 5.02 Å². The first-order chi connectivity index (χ1) is 9.16. The maximum absolute atomic E-state index is 12.7. The summed E-state index contributed by atoms with van der Waals surface area (Å²) < 4.78 is 6.61. The molecule has 2 fully saturated rings. The minimum atomic E-state index is 0.0199. The van der Waals surface area contributed by atoms with Crippen LogP contribution < -0.4 is 0 Å². The Hall–Kier alpha value is -0.580. The Morgan fingerprint density at radius 2 is 2.26 bits per heavy atom. The molecule has 0 spiro atoms. The molecule has 0 aromatic heterocycles. The standard InChI is InChI=1S/C14H15BrClNO2/c15-9-4-5-11(16)10(8-9)14(18)17-6-7-19-13-3-1-2-12(13)17/h4-5,8,12-13H,1-3,6-7H2. The molecule has 3 rings (SSSR count). The summed E-state index contributed by atoms with van der Waals surface area (Å²) >= 11 is 9.54. The first kappa shape index (κ1) is 13.4. The zero-order valence-corrected chi connectivity index (χ0v) is 12.8. The van der Waals surface area contributed by atoms with Crippen molar-refractivity contribution < 1.29 is 9.53 Å². The fourth-order valence-corrected chi connectivity index (χ4v) is 3.55. The van der Waals surface area contributed by atoms with Gasteiger partial charge < -0.3 is 9.64 Å². The van der Waals surface area contributed by atoms with Crippen LogP contribution in [0.1, 0.15) is 29.6 Å². The molecule has 2 atom stereocenters. The lowest BCUT2D eigenvalue weighted by molar-refractivity contribution is -0.0445. The van der Waals surface area contributed by atoms with Crippen molar-refractivity contribution in [3.8, 4) is 0 Å². The van der Waals surface area contributed by atoms with Gasteiger partial charge in [0.1, 0.15) is 0 Å². The molecule has 0 N–H and O–H groups in total. The zero-order valence-electron chi connectivity index (χ0n) is 10.4. The van der Waals surface area contributed by atoms with Gasteiger partial charge in [-0.25, -0.2) is 0 Å². The molecular formula is C14H15BrClNO2. The molecule has 0 bridgehead atoms. The van der Waals surface area contributed by atoms with E-state index >= 15 is 0 Å². The predicted molar refractivity (Wildman–Crippen MR) is 77.6 cm³/mol. The van der Waals surface area contributed by atoms with Gasteiger partial charge in [-0.15, -0.1) is 0 Å². The van der Waals surface area contributed by atoms with Gasteiger partial charge in [0.25, 0.3) is 5.91 Å². The smallest absolute Gasteiger partial charge is 0.255 e. The Morgan fingerprint density at radius 3 is 3.11 bits per heavy atom. The van der Waals surface area contributed by atoms with Crippen LogP contribution in [0, 0.1) is 0 Å². The van der Waals surface area contributed by atoms with Crippen LogP contribution in [0.3, 0.4) is 0 Å². The molecule has 19 heavy (non-hydrogen) atoms. The van der Waals surface area contributed by atoms with E-state index in [1.165, 1.54) is 0 Å². The summed E-state index contributed by atoms with van der Waals surface area (Å²) in [6.45, 7) is 1.28. The van der Waals surface area contributed by atoms with Crippen molar-refractivity contribution in [1.82, 2.24) is 4.90 Å². The largest absolute Gasteiger partial charge is 0.374 e. The number of benzene rings is 1. The van der Waals surface area contributed by atoms with Crippen molar-refractivity contribution in [3.05, 3.63) is 33.3 Å². The van der Waals surface area contributed by atoms with Crippen molar-refractivity contribution in [2.45, 2.75) is 31.4 Å². The number of hydrogen-bond acceptors (Lipinski definition) is 2. The molecule has 102 valence electrons. The van der Waals surface area contributed by atoms with Crippen molar-refractivity contribution in [2.75, 3.05) is 13.2 Å². The maximum atomic E-state index is 12.7. The van der Waals surface area contributed by atoms with Gasteiger partial charge in [0.2, 0.25) is 0 Å². The highest BCUT2D eigenvalue weighted by molar-refractivity contribution is 9.10. The molecule has 1 heterocycles. The Labute approximate surface area is 126 Å². The molecule has 1 saturated heterocycles. The molecule has 5 heteroatoms. The van der Waals surface area contributed by atoms with E-state index in [0.717, 1.165) is 23.7 Å². The molecule has 1 saturated carbocycles. The number of fused-ring (bicyclic) bond motifs is 1. The highest BCUT2D eigenvalue weighted by atomic mass is 79.9. The van der Waals surface area contributed by atoms with Gasteiger partial charge in [-0.1, -0.05) is 27.5 Å². The summed E-state index contributed by atoms with van der Waals surface area (Å²) in [6, 6.07) is 5.61. The summed E-state index contributed by atoms with van der Waals surface area (Å²) in [7, 11) is 0. The molecule has 1 aromatic carbocycles. The van der Waals surface area contributed by atoms with Gasteiger partial charge in [0.05, 0.1) is 29.3 Å². The minimum Gasteiger partial charge on any atom is -0.374 e. The summed E-state index contributed by atoms with van der Waals surface area (Å²) in [5, 5.41) is 0.509. The maximum Gasteiger partial charge on any atom is 0.255 e. The van der Waals surface area contributed by atoms with E-state index in [4.69, 9.17) is 16.3 Å². The van der Waals surface area contributed by atoms with Gasteiger partial charge in [0.15, 0.2) is 0 Å². The number of morpholine rings is 1. The lowest BCUT2D eigenvalue weighted by Crippen LogP contribution is -2.51. The van der Waals surface area contributed by atoms with Crippen LogP contribution in [0.25, 0.3) is 0 Å². The quantitative estimate of drug-likeness (QED) is 0.780. The fraction of sp³-hybridized carbons (Fsp3) is 0.500. The van der Waals surface area contributed by atoms with Crippen molar-refractivity contribution >= 4 is 33.4 Å². The SMILES string of the molecule is O=C(c1cc(Br)ccc1Cl)N1CCOC2CCCC21. The highest BCUT2D eigenvalue weighted by Crippen LogP contribution is 2.32. The highest BCUT2D eigenvalue weighted by Gasteiger charge is 2.38. The van der Waals surface area contributed by atoms with Crippen molar-refractivity contribution in [1.29, 1.82) is 0 Å². The normalized spacial score (nSPS) is 26.3. The average molecular weight is 345 g/mol. The zero-order chi connectivity index (χ0) is 13.4. The molecule has 1 aromatic rings. The summed E-state index contributed by atoms with van der Waals surface area (Å²) in [5.41, 5.74) is 0.573. The molecule has 1 aliphatic heterocycles. The van der Waals surface area contributed by atoms with Gasteiger partial charge in [-0.2, -0.15) is 0 Å². The van der Waals surface area contributed by atoms with E-state index in [2.05, 4.69) is 15.9 Å². The van der Waals surface area contributed by atoms with Crippen molar-refractivity contribution in [3.63, 3.8) is 0 Å². The molecule has 0 radical (unpaired) electrons. The Balaban J connectivity index is 1.88. The van der Waals surface area contributed by atoms with E-state index in [1.54, 1.807) is 12.1 Å². The summed E-state index contributed by atoms with van der Waals surface area (Å²) in [5.74, 6) is 0.0199. The second-order valence-electron chi connectivity index (χ2n) is 5.03. The number of amides is 1. The first-order valence-corrected chi connectivity index (χ1v) is 7.71.